The second-order valence-corrected chi connectivity index (χ2v) is 3.93. The molecule has 1 aliphatic rings. The Morgan fingerprint density at radius 1 is 2.00 bits per heavy atom. The van der Waals surface area contributed by atoms with Gasteiger partial charge in [0.2, 0.25) is 0 Å². The zero-order valence-electron chi connectivity index (χ0n) is 3.87. The van der Waals surface area contributed by atoms with Gasteiger partial charge in [-0.3, -0.25) is 0 Å². The maximum absolute atomic E-state index is 3.26. The summed E-state index contributed by atoms with van der Waals surface area (Å²) in [4.78, 5) is 2.33. The first-order valence-electron chi connectivity index (χ1n) is 2.10. The quantitative estimate of drug-likeness (QED) is 0.280. The van der Waals surface area contributed by atoms with E-state index in [1.54, 1.807) is 0 Å². The van der Waals surface area contributed by atoms with E-state index >= 15 is 0 Å². The molecule has 1 nitrogen and oxygen atoms in total. The third-order valence-corrected chi connectivity index (χ3v) is 2.78. The Morgan fingerprint density at radius 2 is 2.67 bits per heavy atom. The molecule has 0 amide bonds. The first-order valence-corrected chi connectivity index (χ1v) is 5.79. The molecule has 0 aromatic heterocycles. The van der Waals surface area contributed by atoms with E-state index in [0.29, 0.717) is 21.2 Å². The van der Waals surface area contributed by atoms with E-state index in [1.165, 1.54) is 11.0 Å². The monoisotopic (exact) mass is 198 g/mol. The van der Waals surface area contributed by atoms with Crippen molar-refractivity contribution in [2.45, 2.75) is 6.04 Å². The summed E-state index contributed by atoms with van der Waals surface area (Å²) in [6.07, 6.45) is 0. The van der Waals surface area contributed by atoms with Crippen LogP contribution in [0, 0.1) is 0 Å². The number of hydrogen-bond acceptors (Lipinski definition) is 1. The molecule has 6 heavy (non-hydrogen) atoms. The van der Waals surface area contributed by atoms with Gasteiger partial charge in [0.05, 0.1) is 0 Å². The molecule has 1 heterocycles. The van der Waals surface area contributed by atoms with E-state index in [1.807, 2.05) is 0 Å². The first kappa shape index (κ1) is 4.84. The predicted molar refractivity (Wildman–Crippen MR) is 22.6 cm³/mol. The molecule has 0 bridgehead atoms. The maximum atomic E-state index is 3.26. The zero-order chi connectivity index (χ0) is 4.41. The summed E-state index contributed by atoms with van der Waals surface area (Å²) in [5.41, 5.74) is 0. The van der Waals surface area contributed by atoms with Crippen molar-refractivity contribution >= 4 is 0 Å². The van der Waals surface area contributed by atoms with E-state index in [0.717, 1.165) is 6.04 Å². The standard InChI is InChI=1S/C4H9IN/c1-5-2-4-3-6-4/h4,6H,2-3H2,1H3/q-1/t4-/m1/s1. The molecule has 1 fully saturated rings. The Kier molecular flexibility index (Phi) is 1.71. The summed E-state index contributed by atoms with van der Waals surface area (Å²) in [6.45, 7) is 1.30. The van der Waals surface area contributed by atoms with Gasteiger partial charge in [-0.15, -0.1) is 0 Å². The summed E-state index contributed by atoms with van der Waals surface area (Å²) in [6, 6.07) is 0.947. The Hall–Kier alpha value is 0.690. The molecule has 0 aliphatic carbocycles. The van der Waals surface area contributed by atoms with Gasteiger partial charge < -0.3 is 0 Å². The van der Waals surface area contributed by atoms with Crippen molar-refractivity contribution in [3.63, 3.8) is 0 Å². The summed E-state index contributed by atoms with van der Waals surface area (Å²) < 4.78 is 1.48. The normalized spacial score (nSPS) is 31.2. The van der Waals surface area contributed by atoms with Crippen LogP contribution in [0.3, 0.4) is 0 Å². The van der Waals surface area contributed by atoms with Gasteiger partial charge in [0, 0.05) is 0 Å². The molecule has 0 saturated carbocycles. The molecule has 0 aromatic carbocycles. The van der Waals surface area contributed by atoms with Gasteiger partial charge in [0.1, 0.15) is 0 Å². The van der Waals surface area contributed by atoms with Gasteiger partial charge in [0.25, 0.3) is 0 Å². The van der Waals surface area contributed by atoms with E-state index in [-0.39, 0.29) is 0 Å². The van der Waals surface area contributed by atoms with E-state index in [2.05, 4.69) is 10.2 Å². The Bertz CT molecular complexity index is 42.8. The Morgan fingerprint density at radius 3 is 2.83 bits per heavy atom. The number of halogens is 1. The summed E-state index contributed by atoms with van der Waals surface area (Å²) >= 11 is 0.567. The van der Waals surface area contributed by atoms with Crippen LogP contribution in [0.1, 0.15) is 0 Å². The van der Waals surface area contributed by atoms with Crippen LogP contribution in [0.5, 0.6) is 0 Å². The SMILES string of the molecule is C[I-]C[C@@H]1CN1. The number of nitrogens with one attached hydrogen (secondary N) is 1. The fourth-order valence-corrected chi connectivity index (χ4v) is 2.06. The molecular formula is C4H9IN-. The van der Waals surface area contributed by atoms with Gasteiger partial charge in [-0.1, -0.05) is 0 Å². The van der Waals surface area contributed by atoms with Gasteiger partial charge in [0.15, 0.2) is 0 Å². The molecular weight excluding hydrogens is 189 g/mol. The first-order chi connectivity index (χ1) is 2.93. The van der Waals surface area contributed by atoms with Crippen LogP contribution < -0.4 is 26.5 Å². The predicted octanol–water partition coefficient (Wildman–Crippen LogP) is -3.32. The minimum atomic E-state index is 0.567. The van der Waals surface area contributed by atoms with Crippen molar-refractivity contribution < 1.29 is 21.2 Å². The molecule has 0 radical (unpaired) electrons. The second-order valence-electron chi connectivity index (χ2n) is 1.53. The molecule has 0 aromatic rings. The van der Waals surface area contributed by atoms with Crippen molar-refractivity contribution in [1.29, 1.82) is 0 Å². The molecule has 0 unspecified atom stereocenters. The van der Waals surface area contributed by atoms with Crippen molar-refractivity contribution in [3.8, 4) is 0 Å². The fourth-order valence-electron chi connectivity index (χ4n) is 0.379. The number of alkyl halides is 2. The third kappa shape index (κ3) is 1.43. The Balaban J connectivity index is 1.88. The van der Waals surface area contributed by atoms with Gasteiger partial charge in [-0.25, -0.2) is 0 Å². The Labute approximate surface area is 48.8 Å². The van der Waals surface area contributed by atoms with Crippen LogP contribution >= 0.6 is 0 Å². The molecule has 0 spiro atoms. The number of rotatable bonds is 2. The molecule has 1 aliphatic heterocycles. The topological polar surface area (TPSA) is 21.9 Å². The zero-order valence-corrected chi connectivity index (χ0v) is 6.03. The molecule has 1 atom stereocenters. The average Bonchev–Trinajstić information content (AvgIpc) is 2.21. The van der Waals surface area contributed by atoms with Gasteiger partial charge in [-0.2, -0.15) is 0 Å². The van der Waals surface area contributed by atoms with Crippen molar-refractivity contribution in [1.82, 2.24) is 5.32 Å². The van der Waals surface area contributed by atoms with Crippen LogP contribution in [0.4, 0.5) is 0 Å². The van der Waals surface area contributed by atoms with Crippen LogP contribution in [-0.4, -0.2) is 21.9 Å². The fraction of sp³-hybridized carbons (Fsp3) is 1.00. The summed E-state index contributed by atoms with van der Waals surface area (Å²) in [7, 11) is 0. The minimum absolute atomic E-state index is 0.567. The van der Waals surface area contributed by atoms with Crippen molar-refractivity contribution in [2.75, 3.05) is 15.9 Å². The van der Waals surface area contributed by atoms with Crippen molar-refractivity contribution in [2.24, 2.45) is 0 Å². The van der Waals surface area contributed by atoms with E-state index < -0.39 is 0 Å². The number of hydrogen-bond donors (Lipinski definition) is 1. The van der Waals surface area contributed by atoms with Crippen molar-refractivity contribution in [3.05, 3.63) is 0 Å². The molecule has 1 saturated heterocycles. The molecule has 38 valence electrons. The van der Waals surface area contributed by atoms with E-state index in [9.17, 15) is 0 Å². The third-order valence-electron chi connectivity index (χ3n) is 0.833. The van der Waals surface area contributed by atoms with Crippen LogP contribution in [-0.2, 0) is 0 Å². The van der Waals surface area contributed by atoms with Crippen LogP contribution in [0.15, 0.2) is 0 Å². The summed E-state index contributed by atoms with van der Waals surface area (Å²) in [5.74, 6) is 0. The molecule has 1 rings (SSSR count). The summed E-state index contributed by atoms with van der Waals surface area (Å²) in [5, 5.41) is 3.26. The van der Waals surface area contributed by atoms with Gasteiger partial charge >= 0.3 is 48.5 Å². The van der Waals surface area contributed by atoms with Gasteiger partial charge in [-0.05, 0) is 0 Å². The van der Waals surface area contributed by atoms with Crippen LogP contribution in [0.2, 0.25) is 0 Å². The van der Waals surface area contributed by atoms with E-state index in [4.69, 9.17) is 0 Å². The molecule has 1 N–H and O–H groups in total. The van der Waals surface area contributed by atoms with Crippen LogP contribution in [0.25, 0.3) is 0 Å². The average molecular weight is 198 g/mol. The molecule has 2 heteroatoms. The second kappa shape index (κ2) is 2.12.